The molecule has 3 aromatic rings. The number of rotatable bonds is 1. The molecule has 114 valence electrons. The second-order valence-electron chi connectivity index (χ2n) is 5.53. The molecule has 2 aromatic carbocycles. The zero-order valence-electron chi connectivity index (χ0n) is 12.3. The van der Waals surface area contributed by atoms with Crippen LogP contribution in [0, 0.1) is 6.92 Å². The number of para-hydroxylation sites is 1. The minimum atomic E-state index is -0.650. The van der Waals surface area contributed by atoms with Crippen molar-refractivity contribution in [1.82, 2.24) is 10.3 Å². The Hall–Kier alpha value is -2.59. The number of hydrogen-bond donors (Lipinski definition) is 1. The summed E-state index contributed by atoms with van der Waals surface area (Å²) in [6, 6.07) is 15.0. The maximum Gasteiger partial charge on any atom is 0.258 e. The van der Waals surface area contributed by atoms with E-state index in [2.05, 4.69) is 10.3 Å². The predicted octanol–water partition coefficient (Wildman–Crippen LogP) is 4.02. The summed E-state index contributed by atoms with van der Waals surface area (Å²) in [7, 11) is 0. The van der Waals surface area contributed by atoms with Crippen LogP contribution in [0.3, 0.4) is 0 Å². The summed E-state index contributed by atoms with van der Waals surface area (Å²) >= 11 is 6.32. The Morgan fingerprint density at radius 2 is 2.00 bits per heavy atom. The van der Waals surface area contributed by atoms with Crippen molar-refractivity contribution < 1.29 is 9.53 Å². The van der Waals surface area contributed by atoms with Crippen molar-refractivity contribution in [1.29, 1.82) is 0 Å². The van der Waals surface area contributed by atoms with Crippen LogP contribution < -0.4 is 10.1 Å². The Kier molecular flexibility index (Phi) is 3.20. The molecule has 0 bridgehead atoms. The first-order valence-electron chi connectivity index (χ1n) is 7.25. The summed E-state index contributed by atoms with van der Waals surface area (Å²) in [4.78, 5) is 16.7. The van der Waals surface area contributed by atoms with Gasteiger partial charge in [-0.3, -0.25) is 4.79 Å². The fourth-order valence-corrected chi connectivity index (χ4v) is 2.95. The molecule has 0 spiro atoms. The van der Waals surface area contributed by atoms with Gasteiger partial charge in [0.15, 0.2) is 0 Å². The number of nitrogens with zero attached hydrogens (tertiary/aromatic N) is 1. The molecule has 0 saturated heterocycles. The van der Waals surface area contributed by atoms with Gasteiger partial charge in [0.2, 0.25) is 6.23 Å². The summed E-state index contributed by atoms with van der Waals surface area (Å²) in [5, 5.41) is 4.10. The number of amides is 1. The van der Waals surface area contributed by atoms with E-state index in [1.807, 2.05) is 37.3 Å². The fourth-order valence-electron chi connectivity index (χ4n) is 2.71. The van der Waals surface area contributed by atoms with E-state index in [0.29, 0.717) is 22.0 Å². The normalized spacial score (nSPS) is 16.6. The molecule has 5 heteroatoms. The number of benzene rings is 2. The van der Waals surface area contributed by atoms with Crippen molar-refractivity contribution in [2.75, 3.05) is 0 Å². The Labute approximate surface area is 138 Å². The fraction of sp³-hybridized carbons (Fsp3) is 0.111. The van der Waals surface area contributed by atoms with Crippen LogP contribution in [0.4, 0.5) is 0 Å². The number of carbonyl (C=O) groups is 1. The van der Waals surface area contributed by atoms with Crippen molar-refractivity contribution in [2.24, 2.45) is 0 Å². The average Bonchev–Trinajstić information content (AvgIpc) is 2.54. The molecular weight excluding hydrogens is 312 g/mol. The van der Waals surface area contributed by atoms with Crippen LogP contribution in [-0.4, -0.2) is 10.9 Å². The number of hydrogen-bond acceptors (Lipinski definition) is 3. The van der Waals surface area contributed by atoms with Gasteiger partial charge in [-0.05, 0) is 36.8 Å². The Morgan fingerprint density at radius 3 is 2.87 bits per heavy atom. The molecule has 1 aliphatic rings. The number of carbonyl (C=O) groups excluding carboxylic acids is 1. The van der Waals surface area contributed by atoms with E-state index in [1.54, 1.807) is 18.2 Å². The molecule has 1 aromatic heterocycles. The van der Waals surface area contributed by atoms with Crippen LogP contribution in [0.15, 0.2) is 48.5 Å². The van der Waals surface area contributed by atoms with Crippen molar-refractivity contribution in [3.8, 4) is 5.75 Å². The minimum Gasteiger partial charge on any atom is -0.465 e. The molecule has 1 N–H and O–H groups in total. The van der Waals surface area contributed by atoms with Gasteiger partial charge in [0.25, 0.3) is 5.91 Å². The maximum atomic E-state index is 12.2. The van der Waals surface area contributed by atoms with Crippen LogP contribution in [0.5, 0.6) is 5.75 Å². The predicted molar refractivity (Wildman–Crippen MR) is 88.8 cm³/mol. The van der Waals surface area contributed by atoms with Crippen molar-refractivity contribution in [3.05, 3.63) is 70.4 Å². The van der Waals surface area contributed by atoms with Crippen LogP contribution >= 0.6 is 11.6 Å². The third-order valence-corrected chi connectivity index (χ3v) is 4.18. The first-order chi connectivity index (χ1) is 11.1. The molecule has 0 unspecified atom stereocenters. The van der Waals surface area contributed by atoms with E-state index in [0.717, 1.165) is 16.5 Å². The van der Waals surface area contributed by atoms with Gasteiger partial charge in [-0.25, -0.2) is 4.98 Å². The lowest BCUT2D eigenvalue weighted by Crippen LogP contribution is -2.37. The molecule has 1 aliphatic heterocycles. The molecule has 2 heterocycles. The number of halogens is 1. The van der Waals surface area contributed by atoms with Gasteiger partial charge in [0.1, 0.15) is 10.9 Å². The van der Waals surface area contributed by atoms with Gasteiger partial charge in [0.05, 0.1) is 16.6 Å². The molecule has 23 heavy (non-hydrogen) atoms. The summed E-state index contributed by atoms with van der Waals surface area (Å²) in [5.41, 5.74) is 3.10. The Balaban J connectivity index is 1.79. The number of aryl methyl sites for hydroxylation is 1. The number of nitrogens with one attached hydrogen (secondary N) is 1. The third kappa shape index (κ3) is 2.41. The smallest absolute Gasteiger partial charge is 0.258 e. The quantitative estimate of drug-likeness (QED) is 0.688. The third-order valence-electron chi connectivity index (χ3n) is 3.87. The van der Waals surface area contributed by atoms with Gasteiger partial charge in [-0.1, -0.05) is 35.9 Å². The lowest BCUT2D eigenvalue weighted by atomic mass is 10.1. The van der Waals surface area contributed by atoms with Gasteiger partial charge >= 0.3 is 0 Å². The molecule has 4 nitrogen and oxygen atoms in total. The van der Waals surface area contributed by atoms with E-state index in [1.165, 1.54) is 0 Å². The lowest BCUT2D eigenvalue weighted by Gasteiger charge is -2.27. The highest BCUT2D eigenvalue weighted by molar-refractivity contribution is 6.30. The van der Waals surface area contributed by atoms with Crippen molar-refractivity contribution >= 4 is 28.4 Å². The summed E-state index contributed by atoms with van der Waals surface area (Å²) < 4.78 is 5.89. The van der Waals surface area contributed by atoms with E-state index >= 15 is 0 Å². The van der Waals surface area contributed by atoms with Crippen LogP contribution in [0.2, 0.25) is 5.15 Å². The van der Waals surface area contributed by atoms with Crippen LogP contribution in [0.25, 0.3) is 10.9 Å². The minimum absolute atomic E-state index is 0.183. The number of aromatic nitrogens is 1. The van der Waals surface area contributed by atoms with Gasteiger partial charge in [0, 0.05) is 5.39 Å². The van der Waals surface area contributed by atoms with E-state index < -0.39 is 6.23 Å². The largest absolute Gasteiger partial charge is 0.465 e. The molecule has 4 rings (SSSR count). The SMILES string of the molecule is Cc1ccc2cc([C@@H]3NC(=O)c4ccccc4O3)c(Cl)nc2c1. The molecule has 0 fully saturated rings. The molecule has 0 saturated carbocycles. The van der Waals surface area contributed by atoms with Gasteiger partial charge in [-0.15, -0.1) is 0 Å². The van der Waals surface area contributed by atoms with Gasteiger partial charge in [-0.2, -0.15) is 0 Å². The van der Waals surface area contributed by atoms with Crippen molar-refractivity contribution in [2.45, 2.75) is 13.2 Å². The Bertz CT molecular complexity index is 939. The molecule has 1 amide bonds. The lowest BCUT2D eigenvalue weighted by molar-refractivity contribution is 0.0756. The van der Waals surface area contributed by atoms with E-state index in [-0.39, 0.29) is 5.91 Å². The molecule has 0 radical (unpaired) electrons. The Morgan fingerprint density at radius 1 is 1.17 bits per heavy atom. The highest BCUT2D eigenvalue weighted by Gasteiger charge is 2.28. The number of pyridine rings is 1. The maximum absolute atomic E-state index is 12.2. The zero-order chi connectivity index (χ0) is 16.0. The summed E-state index contributed by atoms with van der Waals surface area (Å²) in [6.45, 7) is 2.00. The van der Waals surface area contributed by atoms with Crippen molar-refractivity contribution in [3.63, 3.8) is 0 Å². The molecular formula is C18H13ClN2O2. The first-order valence-corrected chi connectivity index (χ1v) is 7.63. The van der Waals surface area contributed by atoms with Crippen LogP contribution in [-0.2, 0) is 0 Å². The van der Waals surface area contributed by atoms with E-state index in [4.69, 9.17) is 16.3 Å². The first kappa shape index (κ1) is 14.0. The summed E-state index contributed by atoms with van der Waals surface area (Å²) in [5.74, 6) is 0.359. The highest BCUT2D eigenvalue weighted by atomic mass is 35.5. The summed E-state index contributed by atoms with van der Waals surface area (Å²) in [6.07, 6.45) is -0.650. The topological polar surface area (TPSA) is 51.2 Å². The second kappa shape index (κ2) is 5.25. The molecule has 1 atom stereocenters. The van der Waals surface area contributed by atoms with Crippen LogP contribution in [0.1, 0.15) is 27.7 Å². The average molecular weight is 325 g/mol. The second-order valence-corrected chi connectivity index (χ2v) is 5.89. The number of ether oxygens (including phenoxy) is 1. The number of fused-ring (bicyclic) bond motifs is 2. The van der Waals surface area contributed by atoms with Gasteiger partial charge < -0.3 is 10.1 Å². The van der Waals surface area contributed by atoms with E-state index in [9.17, 15) is 4.79 Å². The standard InChI is InChI=1S/C18H13ClN2O2/c1-10-6-7-11-9-13(16(19)20-14(11)8-10)18-21-17(22)12-4-2-3-5-15(12)23-18/h2-9,18H,1H3,(H,21,22)/t18-/m1/s1. The zero-order valence-corrected chi connectivity index (χ0v) is 13.1. The highest BCUT2D eigenvalue weighted by Crippen LogP contribution is 2.32. The monoisotopic (exact) mass is 324 g/mol. The molecule has 0 aliphatic carbocycles.